The number of aromatic amines is 1. The van der Waals surface area contributed by atoms with E-state index in [2.05, 4.69) is 47.4 Å². The first-order valence-corrected chi connectivity index (χ1v) is 14.9. The Bertz CT molecular complexity index is 1960. The molecule has 0 spiro atoms. The lowest BCUT2D eigenvalue weighted by atomic mass is 10.0. The molecule has 12 heteroatoms. The van der Waals surface area contributed by atoms with Gasteiger partial charge in [0.15, 0.2) is 11.5 Å². The number of amides is 1. The number of hydrogen-bond donors (Lipinski definition) is 2. The number of halogens is 3. The highest BCUT2D eigenvalue weighted by Gasteiger charge is 2.21. The number of carbonyl (C=O) groups excluding carboxylic acids is 3. The highest BCUT2D eigenvalue weighted by atomic mass is 79.9. The van der Waals surface area contributed by atoms with Gasteiger partial charge in [-0.05, 0) is 60.7 Å². The SMILES string of the molecule is COc1cc(C(=O)Oc2ccc(Br)cc2C=NNC(=O)c2[nH]c3ccc(Br)cc3c2-c2ccccc2Cl)ccc1OC(C)=O. The molecule has 0 unspecified atom stereocenters. The van der Waals surface area contributed by atoms with Crippen LogP contribution in [0.2, 0.25) is 5.02 Å². The number of benzene rings is 4. The van der Waals surface area contributed by atoms with Gasteiger partial charge in [0.25, 0.3) is 5.91 Å². The molecule has 0 saturated carbocycles. The summed E-state index contributed by atoms with van der Waals surface area (Å²) in [4.78, 5) is 40.9. The molecule has 0 atom stereocenters. The maximum Gasteiger partial charge on any atom is 0.343 e. The van der Waals surface area contributed by atoms with Crippen molar-refractivity contribution in [2.45, 2.75) is 6.92 Å². The Labute approximate surface area is 273 Å². The number of nitrogens with zero attached hydrogens (tertiary/aromatic N) is 1. The number of H-pyrrole nitrogens is 1. The van der Waals surface area contributed by atoms with Crippen LogP contribution in [0, 0.1) is 0 Å². The summed E-state index contributed by atoms with van der Waals surface area (Å²) >= 11 is 13.4. The molecule has 0 aliphatic heterocycles. The van der Waals surface area contributed by atoms with Crippen molar-refractivity contribution in [3.8, 4) is 28.4 Å². The fourth-order valence-corrected chi connectivity index (χ4v) is 5.37. The monoisotopic (exact) mass is 737 g/mol. The molecule has 0 radical (unpaired) electrons. The average molecular weight is 740 g/mol. The van der Waals surface area contributed by atoms with Crippen molar-refractivity contribution in [1.29, 1.82) is 0 Å². The molecular formula is C32H22Br2ClN3O6. The quantitative estimate of drug-likeness (QED) is 0.0723. The van der Waals surface area contributed by atoms with Crippen LogP contribution in [0.1, 0.15) is 33.3 Å². The summed E-state index contributed by atoms with van der Waals surface area (Å²) in [6.45, 7) is 1.26. The van der Waals surface area contributed by atoms with Gasteiger partial charge in [0, 0.05) is 48.5 Å². The van der Waals surface area contributed by atoms with Crippen LogP contribution in [-0.4, -0.2) is 36.2 Å². The molecular weight excluding hydrogens is 718 g/mol. The maximum absolute atomic E-state index is 13.4. The number of hydrogen-bond acceptors (Lipinski definition) is 7. The Morgan fingerprint density at radius 3 is 2.36 bits per heavy atom. The minimum Gasteiger partial charge on any atom is -0.493 e. The van der Waals surface area contributed by atoms with Gasteiger partial charge in [-0.1, -0.05) is 61.7 Å². The Balaban J connectivity index is 1.40. The molecule has 4 aromatic carbocycles. The molecule has 1 amide bonds. The van der Waals surface area contributed by atoms with E-state index in [-0.39, 0.29) is 28.5 Å². The number of methoxy groups -OCH3 is 1. The Kier molecular flexibility index (Phi) is 9.48. The molecule has 0 bridgehead atoms. The zero-order chi connectivity index (χ0) is 31.4. The Morgan fingerprint density at radius 2 is 1.61 bits per heavy atom. The first kappa shape index (κ1) is 31.0. The third-order valence-electron chi connectivity index (χ3n) is 6.33. The molecule has 0 saturated heterocycles. The number of ether oxygens (including phenoxy) is 3. The van der Waals surface area contributed by atoms with E-state index in [1.807, 2.05) is 36.4 Å². The van der Waals surface area contributed by atoms with Gasteiger partial charge in [0.2, 0.25) is 0 Å². The molecule has 2 N–H and O–H groups in total. The lowest BCUT2D eigenvalue weighted by molar-refractivity contribution is -0.132. The normalized spacial score (nSPS) is 11.0. The summed E-state index contributed by atoms with van der Waals surface area (Å²) < 4.78 is 17.5. The van der Waals surface area contributed by atoms with E-state index < -0.39 is 17.8 Å². The second-order valence-corrected chi connectivity index (χ2v) is 11.5. The van der Waals surface area contributed by atoms with Crippen LogP contribution >= 0.6 is 43.5 Å². The molecule has 5 rings (SSSR count). The third-order valence-corrected chi connectivity index (χ3v) is 7.64. The van der Waals surface area contributed by atoms with Crippen molar-refractivity contribution >= 4 is 78.4 Å². The maximum atomic E-state index is 13.4. The minimum absolute atomic E-state index is 0.161. The zero-order valence-electron chi connectivity index (χ0n) is 23.1. The Hall–Kier alpha value is -4.45. The number of rotatable bonds is 8. The van der Waals surface area contributed by atoms with Crippen LogP contribution in [0.4, 0.5) is 0 Å². The number of carbonyl (C=O) groups is 3. The molecule has 5 aromatic rings. The molecule has 0 aliphatic carbocycles. The predicted molar refractivity (Wildman–Crippen MR) is 175 cm³/mol. The van der Waals surface area contributed by atoms with Gasteiger partial charge in [-0.15, -0.1) is 0 Å². The number of fused-ring (bicyclic) bond motifs is 1. The summed E-state index contributed by atoms with van der Waals surface area (Å²) in [5.41, 5.74) is 5.46. The zero-order valence-corrected chi connectivity index (χ0v) is 27.0. The van der Waals surface area contributed by atoms with Crippen molar-refractivity contribution in [1.82, 2.24) is 10.4 Å². The van der Waals surface area contributed by atoms with E-state index in [1.54, 1.807) is 24.3 Å². The fourth-order valence-electron chi connectivity index (χ4n) is 4.40. The summed E-state index contributed by atoms with van der Waals surface area (Å²) in [7, 11) is 1.39. The van der Waals surface area contributed by atoms with Crippen LogP contribution in [0.15, 0.2) is 92.9 Å². The van der Waals surface area contributed by atoms with Crippen LogP contribution < -0.4 is 19.6 Å². The van der Waals surface area contributed by atoms with Gasteiger partial charge in [0.1, 0.15) is 11.4 Å². The van der Waals surface area contributed by atoms with Gasteiger partial charge in [-0.2, -0.15) is 5.10 Å². The van der Waals surface area contributed by atoms with Gasteiger partial charge in [0.05, 0.1) is 18.9 Å². The number of hydrazone groups is 1. The van der Waals surface area contributed by atoms with E-state index in [0.29, 0.717) is 26.2 Å². The van der Waals surface area contributed by atoms with Gasteiger partial charge >= 0.3 is 11.9 Å². The lowest BCUT2D eigenvalue weighted by Gasteiger charge is -2.11. The fraction of sp³-hybridized carbons (Fsp3) is 0.0625. The predicted octanol–water partition coefficient (Wildman–Crippen LogP) is 7.93. The standard InChI is InChI=1S/C32H22Br2ClN3O6/c1-17(39)43-27-11-7-18(14-28(27)42-2)32(41)44-26-12-9-20(33)13-19(26)16-36-38-31(40)30-29(22-5-3-4-6-24(22)35)23-15-21(34)8-10-25(23)37-30/h3-16,37H,1-2H3,(H,38,40). The van der Waals surface area contributed by atoms with Gasteiger partial charge in [-0.3, -0.25) is 9.59 Å². The number of nitrogens with one attached hydrogen (secondary N) is 2. The van der Waals surface area contributed by atoms with Crippen molar-refractivity contribution < 1.29 is 28.6 Å². The first-order valence-electron chi connectivity index (χ1n) is 12.9. The van der Waals surface area contributed by atoms with Crippen molar-refractivity contribution in [3.63, 3.8) is 0 Å². The summed E-state index contributed by atoms with van der Waals surface area (Å²) in [6, 6.07) is 22.2. The van der Waals surface area contributed by atoms with Crippen LogP contribution in [0.3, 0.4) is 0 Å². The molecule has 0 fully saturated rings. The van der Waals surface area contributed by atoms with Crippen molar-refractivity contribution in [2.24, 2.45) is 5.10 Å². The first-order chi connectivity index (χ1) is 21.1. The second-order valence-electron chi connectivity index (χ2n) is 9.27. The average Bonchev–Trinajstić information content (AvgIpc) is 3.37. The summed E-state index contributed by atoms with van der Waals surface area (Å²) in [6.07, 6.45) is 1.37. The van der Waals surface area contributed by atoms with Crippen LogP contribution in [0.5, 0.6) is 17.2 Å². The van der Waals surface area contributed by atoms with Crippen molar-refractivity contribution in [3.05, 3.63) is 110 Å². The van der Waals surface area contributed by atoms with E-state index >= 15 is 0 Å². The molecule has 0 aliphatic rings. The molecule has 222 valence electrons. The summed E-state index contributed by atoms with van der Waals surface area (Å²) in [5, 5.41) is 5.44. The van der Waals surface area contributed by atoms with Gasteiger partial charge in [-0.25, -0.2) is 10.2 Å². The molecule has 9 nitrogen and oxygen atoms in total. The molecule has 1 aromatic heterocycles. The number of esters is 2. The van der Waals surface area contributed by atoms with E-state index in [9.17, 15) is 14.4 Å². The smallest absolute Gasteiger partial charge is 0.343 e. The van der Waals surface area contributed by atoms with Crippen LogP contribution in [0.25, 0.3) is 22.0 Å². The highest BCUT2D eigenvalue weighted by Crippen LogP contribution is 2.38. The van der Waals surface area contributed by atoms with E-state index in [1.165, 1.54) is 38.4 Å². The van der Waals surface area contributed by atoms with E-state index in [4.69, 9.17) is 25.8 Å². The highest BCUT2D eigenvalue weighted by molar-refractivity contribution is 9.10. The van der Waals surface area contributed by atoms with Crippen LogP contribution in [-0.2, 0) is 4.79 Å². The Morgan fingerprint density at radius 1 is 0.886 bits per heavy atom. The largest absolute Gasteiger partial charge is 0.493 e. The van der Waals surface area contributed by atoms with Crippen molar-refractivity contribution in [2.75, 3.05) is 7.11 Å². The minimum atomic E-state index is -0.688. The topological polar surface area (TPSA) is 119 Å². The third kappa shape index (κ3) is 6.85. The van der Waals surface area contributed by atoms with Gasteiger partial charge < -0.3 is 19.2 Å². The second kappa shape index (κ2) is 13.5. The molecule has 44 heavy (non-hydrogen) atoms. The summed E-state index contributed by atoms with van der Waals surface area (Å²) in [5.74, 6) is -1.17. The lowest BCUT2D eigenvalue weighted by Crippen LogP contribution is -2.19. The number of aromatic nitrogens is 1. The molecule has 1 heterocycles. The van der Waals surface area contributed by atoms with E-state index in [0.717, 1.165) is 15.4 Å².